The first-order valence-corrected chi connectivity index (χ1v) is 7.16. The second-order valence-electron chi connectivity index (χ2n) is 5.43. The number of hydrogen-bond donors (Lipinski definition) is 2. The van der Waals surface area contributed by atoms with Crippen LogP contribution in [0.25, 0.3) is 0 Å². The Labute approximate surface area is 121 Å². The quantitative estimate of drug-likeness (QED) is 0.635. The van der Waals surface area contributed by atoms with Crippen LogP contribution in [-0.2, 0) is 14.3 Å². The van der Waals surface area contributed by atoms with E-state index in [1.54, 1.807) is 0 Å². The molecular weight excluding hydrogens is 260 g/mol. The Kier molecular flexibility index (Phi) is 9.80. The van der Waals surface area contributed by atoms with Gasteiger partial charge in [-0.1, -0.05) is 0 Å². The first-order chi connectivity index (χ1) is 9.35. The molecule has 0 aromatic carbocycles. The van der Waals surface area contributed by atoms with Gasteiger partial charge in [0.25, 0.3) is 0 Å². The summed E-state index contributed by atoms with van der Waals surface area (Å²) in [6.07, 6.45) is 1.35. The number of nitrogens with one attached hydrogen (secondary N) is 2. The molecular formula is C14H28N2O4. The fraction of sp³-hybridized carbons (Fsp3) is 0.857. The number of carbonyl (C=O) groups excluding carboxylic acids is 2. The number of ether oxygens (including phenoxy) is 2. The Morgan fingerprint density at radius 3 is 2.30 bits per heavy atom. The van der Waals surface area contributed by atoms with Crippen LogP contribution in [0.4, 0.5) is 4.79 Å². The van der Waals surface area contributed by atoms with Crippen LogP contribution in [0.1, 0.15) is 47.0 Å². The Morgan fingerprint density at radius 2 is 1.70 bits per heavy atom. The number of carbonyl (C=O) groups is 2. The van der Waals surface area contributed by atoms with Crippen molar-refractivity contribution < 1.29 is 19.1 Å². The van der Waals surface area contributed by atoms with Crippen molar-refractivity contribution in [1.82, 2.24) is 10.6 Å². The smallest absolute Gasteiger partial charge is 0.407 e. The van der Waals surface area contributed by atoms with Gasteiger partial charge in [-0.25, -0.2) is 4.79 Å². The summed E-state index contributed by atoms with van der Waals surface area (Å²) in [6.45, 7) is 9.78. The number of alkyl carbamates (subject to hydrolysis) is 1. The molecule has 0 fully saturated rings. The highest BCUT2D eigenvalue weighted by Gasteiger charge is 2.15. The molecule has 118 valence electrons. The molecule has 0 bridgehead atoms. The summed E-state index contributed by atoms with van der Waals surface area (Å²) >= 11 is 0. The van der Waals surface area contributed by atoms with Gasteiger partial charge in [0.1, 0.15) is 5.60 Å². The molecule has 0 saturated heterocycles. The van der Waals surface area contributed by atoms with Gasteiger partial charge >= 0.3 is 6.09 Å². The lowest BCUT2D eigenvalue weighted by Crippen LogP contribution is -2.33. The van der Waals surface area contributed by atoms with Gasteiger partial charge in [0.05, 0.1) is 0 Å². The summed E-state index contributed by atoms with van der Waals surface area (Å²) in [5, 5.41) is 5.42. The number of hydrogen-bond acceptors (Lipinski definition) is 4. The Morgan fingerprint density at radius 1 is 1.05 bits per heavy atom. The third kappa shape index (κ3) is 13.1. The zero-order chi connectivity index (χ0) is 15.4. The monoisotopic (exact) mass is 288 g/mol. The molecule has 2 N–H and O–H groups in total. The summed E-state index contributed by atoms with van der Waals surface area (Å²) in [6, 6.07) is 0. The third-order valence-corrected chi connectivity index (χ3v) is 2.24. The highest BCUT2D eigenvalue weighted by atomic mass is 16.6. The van der Waals surface area contributed by atoms with Gasteiger partial charge in [-0.3, -0.25) is 4.79 Å². The van der Waals surface area contributed by atoms with E-state index in [4.69, 9.17) is 9.47 Å². The van der Waals surface area contributed by atoms with E-state index in [1.165, 1.54) is 0 Å². The number of amides is 2. The van der Waals surface area contributed by atoms with Gasteiger partial charge in [0.15, 0.2) is 0 Å². The van der Waals surface area contributed by atoms with Crippen LogP contribution in [0.3, 0.4) is 0 Å². The molecule has 0 atom stereocenters. The molecule has 0 aliphatic carbocycles. The van der Waals surface area contributed by atoms with E-state index in [0.717, 1.165) is 6.42 Å². The molecule has 0 saturated carbocycles. The summed E-state index contributed by atoms with van der Waals surface area (Å²) in [5.41, 5.74) is -0.498. The van der Waals surface area contributed by atoms with E-state index in [1.807, 2.05) is 27.7 Å². The van der Waals surface area contributed by atoms with Crippen LogP contribution in [0.5, 0.6) is 0 Å². The highest BCUT2D eigenvalue weighted by molar-refractivity contribution is 5.75. The van der Waals surface area contributed by atoms with Crippen molar-refractivity contribution in [2.75, 3.05) is 26.3 Å². The minimum absolute atomic E-state index is 0.00696. The standard InChI is InChI=1S/C14H28N2O4/c1-5-19-11-7-10-15-12(17)8-6-9-16-13(18)20-14(2,3)4/h5-11H2,1-4H3,(H,15,17)(H,16,18). The predicted molar refractivity (Wildman–Crippen MR) is 77.6 cm³/mol. The molecule has 0 aromatic rings. The third-order valence-electron chi connectivity index (χ3n) is 2.24. The molecule has 0 spiro atoms. The van der Waals surface area contributed by atoms with Gasteiger partial charge in [0, 0.05) is 32.7 Å². The maximum Gasteiger partial charge on any atom is 0.407 e. The zero-order valence-corrected chi connectivity index (χ0v) is 13.1. The van der Waals surface area contributed by atoms with E-state index in [2.05, 4.69) is 10.6 Å². The van der Waals surface area contributed by atoms with Crippen LogP contribution in [0, 0.1) is 0 Å². The van der Waals surface area contributed by atoms with Gasteiger partial charge in [-0.15, -0.1) is 0 Å². The maximum absolute atomic E-state index is 11.5. The zero-order valence-electron chi connectivity index (χ0n) is 13.1. The Hall–Kier alpha value is -1.30. The van der Waals surface area contributed by atoms with Gasteiger partial charge in [0.2, 0.25) is 5.91 Å². The molecule has 0 heterocycles. The average Bonchev–Trinajstić information content (AvgIpc) is 2.32. The van der Waals surface area contributed by atoms with Crippen LogP contribution >= 0.6 is 0 Å². The fourth-order valence-corrected chi connectivity index (χ4v) is 1.39. The molecule has 0 unspecified atom stereocenters. The van der Waals surface area contributed by atoms with E-state index in [-0.39, 0.29) is 5.91 Å². The average molecular weight is 288 g/mol. The normalized spacial score (nSPS) is 11.0. The molecule has 6 heteroatoms. The second-order valence-corrected chi connectivity index (χ2v) is 5.43. The second kappa shape index (κ2) is 10.5. The number of rotatable bonds is 9. The van der Waals surface area contributed by atoms with Gasteiger partial charge in [-0.2, -0.15) is 0 Å². The van der Waals surface area contributed by atoms with Gasteiger partial charge in [-0.05, 0) is 40.5 Å². The largest absolute Gasteiger partial charge is 0.444 e. The minimum atomic E-state index is -0.498. The van der Waals surface area contributed by atoms with Crippen molar-refractivity contribution in [3.63, 3.8) is 0 Å². The van der Waals surface area contributed by atoms with E-state index >= 15 is 0 Å². The van der Waals surface area contributed by atoms with Crippen LogP contribution in [0.15, 0.2) is 0 Å². The molecule has 0 rings (SSSR count). The SMILES string of the molecule is CCOCCCNC(=O)CCCNC(=O)OC(C)(C)C. The minimum Gasteiger partial charge on any atom is -0.444 e. The maximum atomic E-state index is 11.5. The molecule has 2 amide bonds. The van der Waals surface area contributed by atoms with Crippen molar-refractivity contribution in [1.29, 1.82) is 0 Å². The first-order valence-electron chi connectivity index (χ1n) is 7.16. The van der Waals surface area contributed by atoms with Gasteiger partial charge < -0.3 is 20.1 Å². The predicted octanol–water partition coefficient (Wildman–Crippen LogP) is 1.83. The fourth-order valence-electron chi connectivity index (χ4n) is 1.39. The van der Waals surface area contributed by atoms with Crippen molar-refractivity contribution in [2.24, 2.45) is 0 Å². The van der Waals surface area contributed by atoms with Crippen molar-refractivity contribution in [3.8, 4) is 0 Å². The van der Waals surface area contributed by atoms with E-state index in [0.29, 0.717) is 39.1 Å². The molecule has 0 aliphatic rings. The van der Waals surface area contributed by atoms with Crippen molar-refractivity contribution in [3.05, 3.63) is 0 Å². The van der Waals surface area contributed by atoms with E-state index < -0.39 is 11.7 Å². The van der Waals surface area contributed by atoms with Crippen molar-refractivity contribution in [2.45, 2.75) is 52.6 Å². The highest BCUT2D eigenvalue weighted by Crippen LogP contribution is 2.06. The molecule has 0 aromatic heterocycles. The Balaban J connectivity index is 3.46. The van der Waals surface area contributed by atoms with Crippen LogP contribution in [0.2, 0.25) is 0 Å². The van der Waals surface area contributed by atoms with Crippen LogP contribution in [-0.4, -0.2) is 43.9 Å². The van der Waals surface area contributed by atoms with E-state index in [9.17, 15) is 9.59 Å². The summed E-state index contributed by atoms with van der Waals surface area (Å²) in [7, 11) is 0. The lowest BCUT2D eigenvalue weighted by Gasteiger charge is -2.19. The lowest BCUT2D eigenvalue weighted by atomic mass is 10.2. The first kappa shape index (κ1) is 18.7. The summed E-state index contributed by atoms with van der Waals surface area (Å²) in [5.74, 6) is -0.00696. The Bertz CT molecular complexity index is 287. The molecule has 20 heavy (non-hydrogen) atoms. The summed E-state index contributed by atoms with van der Waals surface area (Å²) < 4.78 is 10.2. The van der Waals surface area contributed by atoms with Crippen LogP contribution < -0.4 is 10.6 Å². The topological polar surface area (TPSA) is 76.7 Å². The summed E-state index contributed by atoms with van der Waals surface area (Å²) in [4.78, 5) is 22.8. The molecule has 6 nitrogen and oxygen atoms in total. The molecule has 0 radical (unpaired) electrons. The van der Waals surface area contributed by atoms with Crippen molar-refractivity contribution >= 4 is 12.0 Å². The molecule has 0 aliphatic heterocycles. The lowest BCUT2D eigenvalue weighted by molar-refractivity contribution is -0.121.